The van der Waals surface area contributed by atoms with Gasteiger partial charge in [0.2, 0.25) is 0 Å². The normalized spacial score (nSPS) is 26.0. The van der Waals surface area contributed by atoms with Gasteiger partial charge in [0, 0.05) is 31.9 Å². The molecule has 2 fully saturated rings. The summed E-state index contributed by atoms with van der Waals surface area (Å²) in [6.07, 6.45) is 2.22. The van der Waals surface area contributed by atoms with Crippen LogP contribution in [-0.2, 0) is 4.74 Å². The van der Waals surface area contributed by atoms with Gasteiger partial charge in [0.1, 0.15) is 0 Å². The number of fused-ring (bicyclic) bond motifs is 1. The molecule has 5 heteroatoms. The lowest BCUT2D eigenvalue weighted by Crippen LogP contribution is -2.47. The van der Waals surface area contributed by atoms with Crippen LogP contribution in [-0.4, -0.2) is 55.7 Å². The molecule has 2 saturated heterocycles. The first kappa shape index (κ1) is 16.3. The molecule has 0 bridgehead atoms. The van der Waals surface area contributed by atoms with Gasteiger partial charge in [0.25, 0.3) is 0 Å². The topological polar surface area (TPSA) is 44.8 Å². The first-order chi connectivity index (χ1) is 11.1. The van der Waals surface area contributed by atoms with Gasteiger partial charge in [-0.15, -0.1) is 0 Å². The highest BCUT2D eigenvalue weighted by molar-refractivity contribution is 5.89. The van der Waals surface area contributed by atoms with Crippen molar-refractivity contribution >= 4 is 11.7 Å². The average Bonchev–Trinajstić information content (AvgIpc) is 2.97. The van der Waals surface area contributed by atoms with Crippen LogP contribution in [0.4, 0.5) is 10.5 Å². The number of methoxy groups -OCH3 is 1. The maximum atomic E-state index is 12.7. The van der Waals surface area contributed by atoms with Crippen LogP contribution in [0.2, 0.25) is 0 Å². The van der Waals surface area contributed by atoms with E-state index in [-0.39, 0.29) is 12.1 Å². The van der Waals surface area contributed by atoms with Crippen LogP contribution in [0, 0.1) is 5.92 Å². The molecule has 3 rings (SSSR count). The summed E-state index contributed by atoms with van der Waals surface area (Å²) in [5, 5.41) is 3.07. The molecule has 1 aromatic carbocycles. The standard InChI is InChI=1S/C18H27N3O2/c1-13(23-3)14-5-4-6-16(11-14)19-18(22)21-10-7-15-12-20(2)9-8-17(15)21/h4-6,11,13,15,17H,7-10,12H2,1-3H3,(H,19,22)/t13-,15-,17+/m1/s1. The van der Waals surface area contributed by atoms with E-state index in [4.69, 9.17) is 4.74 Å². The number of anilines is 1. The zero-order valence-corrected chi connectivity index (χ0v) is 14.3. The van der Waals surface area contributed by atoms with Gasteiger partial charge < -0.3 is 19.9 Å². The van der Waals surface area contributed by atoms with E-state index >= 15 is 0 Å². The summed E-state index contributed by atoms with van der Waals surface area (Å²) in [6.45, 7) is 5.05. The minimum atomic E-state index is 0.0249. The van der Waals surface area contributed by atoms with Gasteiger partial charge in [-0.1, -0.05) is 12.1 Å². The van der Waals surface area contributed by atoms with Gasteiger partial charge >= 0.3 is 6.03 Å². The number of piperidine rings is 1. The van der Waals surface area contributed by atoms with Gasteiger partial charge in [-0.2, -0.15) is 0 Å². The molecule has 2 heterocycles. The van der Waals surface area contributed by atoms with Crippen LogP contribution in [0.15, 0.2) is 24.3 Å². The molecular weight excluding hydrogens is 290 g/mol. The van der Waals surface area contributed by atoms with Crippen LogP contribution in [0.1, 0.15) is 31.4 Å². The molecule has 0 aliphatic carbocycles. The number of amides is 2. The number of hydrogen-bond donors (Lipinski definition) is 1. The molecule has 3 atom stereocenters. The Morgan fingerprint density at radius 2 is 2.17 bits per heavy atom. The van der Waals surface area contributed by atoms with E-state index in [0.29, 0.717) is 12.0 Å². The average molecular weight is 317 g/mol. The molecule has 0 aromatic heterocycles. The van der Waals surface area contributed by atoms with Crippen LogP contribution in [0.5, 0.6) is 0 Å². The lowest BCUT2D eigenvalue weighted by molar-refractivity contribution is 0.119. The third-order valence-electron chi connectivity index (χ3n) is 5.26. The van der Waals surface area contributed by atoms with Crippen molar-refractivity contribution in [2.45, 2.75) is 31.9 Å². The Labute approximate surface area is 138 Å². The Kier molecular flexibility index (Phi) is 4.87. The zero-order chi connectivity index (χ0) is 16.4. The number of carbonyl (C=O) groups is 1. The molecule has 126 valence electrons. The second kappa shape index (κ2) is 6.89. The maximum absolute atomic E-state index is 12.7. The van der Waals surface area contributed by atoms with Gasteiger partial charge in [0.05, 0.1) is 6.10 Å². The summed E-state index contributed by atoms with van der Waals surface area (Å²) in [7, 11) is 3.86. The molecule has 0 radical (unpaired) electrons. The van der Waals surface area contributed by atoms with Crippen molar-refractivity contribution in [3.05, 3.63) is 29.8 Å². The van der Waals surface area contributed by atoms with Crippen molar-refractivity contribution in [3.8, 4) is 0 Å². The lowest BCUT2D eigenvalue weighted by atomic mass is 9.93. The predicted octanol–water partition coefficient (Wildman–Crippen LogP) is 2.95. The second-order valence-corrected chi connectivity index (χ2v) is 6.79. The Morgan fingerprint density at radius 3 is 2.96 bits per heavy atom. The summed E-state index contributed by atoms with van der Waals surface area (Å²) in [4.78, 5) is 17.1. The monoisotopic (exact) mass is 317 g/mol. The number of urea groups is 1. The van der Waals surface area contributed by atoms with E-state index in [9.17, 15) is 4.79 Å². The fraction of sp³-hybridized carbons (Fsp3) is 0.611. The van der Waals surface area contributed by atoms with Crippen LogP contribution in [0.25, 0.3) is 0 Å². The zero-order valence-electron chi connectivity index (χ0n) is 14.3. The Hall–Kier alpha value is -1.59. The van der Waals surface area contributed by atoms with Crippen molar-refractivity contribution in [2.75, 3.05) is 39.1 Å². The van der Waals surface area contributed by atoms with E-state index in [1.165, 1.54) is 0 Å². The molecule has 23 heavy (non-hydrogen) atoms. The molecule has 0 spiro atoms. The lowest BCUT2D eigenvalue weighted by Gasteiger charge is -2.36. The number of nitrogens with zero attached hydrogens (tertiary/aromatic N) is 2. The molecule has 0 unspecified atom stereocenters. The number of benzene rings is 1. The SMILES string of the molecule is CO[C@H](C)c1cccc(NC(=O)N2CC[C@@H]3CN(C)CC[C@@H]32)c1. The maximum Gasteiger partial charge on any atom is 0.322 e. The van der Waals surface area contributed by atoms with Crippen molar-refractivity contribution in [2.24, 2.45) is 5.92 Å². The van der Waals surface area contributed by atoms with Crippen molar-refractivity contribution in [3.63, 3.8) is 0 Å². The fourth-order valence-electron chi connectivity index (χ4n) is 3.82. The largest absolute Gasteiger partial charge is 0.377 e. The molecule has 1 aromatic rings. The first-order valence-electron chi connectivity index (χ1n) is 8.47. The minimum absolute atomic E-state index is 0.0249. The molecule has 2 aliphatic heterocycles. The number of ether oxygens (including phenoxy) is 1. The predicted molar refractivity (Wildman–Crippen MR) is 91.6 cm³/mol. The van der Waals surface area contributed by atoms with E-state index in [0.717, 1.165) is 43.7 Å². The Morgan fingerprint density at radius 1 is 1.35 bits per heavy atom. The summed E-state index contributed by atoms with van der Waals surface area (Å²) in [5.74, 6) is 0.624. The summed E-state index contributed by atoms with van der Waals surface area (Å²) < 4.78 is 5.35. The quantitative estimate of drug-likeness (QED) is 0.932. The van der Waals surface area contributed by atoms with Crippen LogP contribution >= 0.6 is 0 Å². The third-order valence-corrected chi connectivity index (χ3v) is 5.26. The van der Waals surface area contributed by atoms with Gasteiger partial charge in [-0.3, -0.25) is 0 Å². The van der Waals surface area contributed by atoms with Crippen molar-refractivity contribution in [1.82, 2.24) is 9.80 Å². The summed E-state index contributed by atoms with van der Waals surface area (Å²) in [5.41, 5.74) is 1.91. The molecule has 2 aliphatic rings. The molecule has 5 nitrogen and oxygen atoms in total. The van der Waals surface area contributed by atoms with Gasteiger partial charge in [-0.25, -0.2) is 4.79 Å². The number of rotatable bonds is 3. The second-order valence-electron chi connectivity index (χ2n) is 6.79. The van der Waals surface area contributed by atoms with Gasteiger partial charge in [0.15, 0.2) is 0 Å². The summed E-state index contributed by atoms with van der Waals surface area (Å²) >= 11 is 0. The van der Waals surface area contributed by atoms with Crippen LogP contribution < -0.4 is 5.32 Å². The van der Waals surface area contributed by atoms with Crippen LogP contribution in [0.3, 0.4) is 0 Å². The first-order valence-corrected chi connectivity index (χ1v) is 8.47. The highest BCUT2D eigenvalue weighted by Gasteiger charge is 2.39. The van der Waals surface area contributed by atoms with Crippen molar-refractivity contribution in [1.29, 1.82) is 0 Å². The number of nitrogens with one attached hydrogen (secondary N) is 1. The smallest absolute Gasteiger partial charge is 0.322 e. The Balaban J connectivity index is 1.65. The summed E-state index contributed by atoms with van der Waals surface area (Å²) in [6, 6.07) is 8.34. The van der Waals surface area contributed by atoms with E-state index in [2.05, 4.69) is 17.3 Å². The minimum Gasteiger partial charge on any atom is -0.377 e. The Bertz CT molecular complexity index is 563. The molecule has 0 saturated carbocycles. The highest BCUT2D eigenvalue weighted by Crippen LogP contribution is 2.31. The third kappa shape index (κ3) is 3.51. The van der Waals surface area contributed by atoms with E-state index in [1.54, 1.807) is 7.11 Å². The van der Waals surface area contributed by atoms with Gasteiger partial charge in [-0.05, 0) is 57.0 Å². The van der Waals surface area contributed by atoms with Crippen molar-refractivity contribution < 1.29 is 9.53 Å². The molecular formula is C18H27N3O2. The number of hydrogen-bond acceptors (Lipinski definition) is 3. The van der Waals surface area contributed by atoms with E-state index < -0.39 is 0 Å². The fourth-order valence-corrected chi connectivity index (χ4v) is 3.82. The molecule has 1 N–H and O–H groups in total. The molecule has 2 amide bonds. The highest BCUT2D eigenvalue weighted by atomic mass is 16.5. The number of likely N-dealkylation sites (tertiary alicyclic amines) is 2. The number of carbonyl (C=O) groups excluding carboxylic acids is 1. The van der Waals surface area contributed by atoms with E-state index in [1.807, 2.05) is 36.1 Å².